The number of nitrogens with zero attached hydrogens (tertiary/aromatic N) is 3. The normalized spacial score (nSPS) is 22.5. The van der Waals surface area contributed by atoms with E-state index in [1.165, 1.54) is 4.90 Å². The second-order valence-electron chi connectivity index (χ2n) is 9.17. The maximum atomic E-state index is 13.2. The van der Waals surface area contributed by atoms with Crippen molar-refractivity contribution in [3.63, 3.8) is 0 Å². The van der Waals surface area contributed by atoms with Crippen LogP contribution in [0.15, 0.2) is 12.1 Å². The molecule has 0 saturated carbocycles. The lowest BCUT2D eigenvalue weighted by molar-refractivity contribution is -0.139. The molecule has 2 atom stereocenters. The summed E-state index contributed by atoms with van der Waals surface area (Å²) in [4.78, 5) is 45.9. The Balaban J connectivity index is 1.88. The number of amides is 1. The van der Waals surface area contributed by atoms with Gasteiger partial charge in [-0.15, -0.1) is 0 Å². The van der Waals surface area contributed by atoms with E-state index in [4.69, 9.17) is 11.6 Å². The maximum Gasteiger partial charge on any atom is 0.256 e. The molecule has 1 amide bonds. The van der Waals surface area contributed by atoms with Crippen molar-refractivity contribution in [2.45, 2.75) is 45.6 Å². The Bertz CT molecular complexity index is 836. The van der Waals surface area contributed by atoms with Crippen molar-refractivity contribution in [3.05, 3.63) is 22.8 Å². The summed E-state index contributed by atoms with van der Waals surface area (Å²) in [5, 5.41) is 3.51. The van der Waals surface area contributed by atoms with Crippen LogP contribution in [0.2, 0.25) is 5.15 Å². The Morgan fingerprint density at radius 2 is 1.81 bits per heavy atom. The SMILES string of the molecule is CC(C)C(=O)C(=O)C1CC(C2CCNCC2)CCN1c1ccc(C(=O)N(C)C)c(Cl)n1. The van der Waals surface area contributed by atoms with Crippen LogP contribution in [0.3, 0.4) is 0 Å². The van der Waals surface area contributed by atoms with Crippen molar-refractivity contribution in [2.24, 2.45) is 17.8 Å². The van der Waals surface area contributed by atoms with E-state index in [0.29, 0.717) is 36.2 Å². The lowest BCUT2D eigenvalue weighted by atomic mass is 9.75. The van der Waals surface area contributed by atoms with Crippen molar-refractivity contribution < 1.29 is 14.4 Å². The van der Waals surface area contributed by atoms with Gasteiger partial charge in [0.05, 0.1) is 11.6 Å². The molecular formula is C23H33ClN4O3. The van der Waals surface area contributed by atoms with E-state index in [2.05, 4.69) is 10.3 Å². The summed E-state index contributed by atoms with van der Waals surface area (Å²) < 4.78 is 0. The number of Topliss-reactive ketones (excluding diaryl/α,β-unsaturated/α-hetero) is 2. The molecule has 1 aromatic rings. The van der Waals surface area contributed by atoms with Crippen molar-refractivity contribution in [1.82, 2.24) is 15.2 Å². The number of hydrogen-bond donors (Lipinski definition) is 1. The van der Waals surface area contributed by atoms with E-state index in [-0.39, 0.29) is 28.5 Å². The van der Waals surface area contributed by atoms with Gasteiger partial charge in [0.1, 0.15) is 11.0 Å². The highest BCUT2D eigenvalue weighted by atomic mass is 35.5. The van der Waals surface area contributed by atoms with Crippen LogP contribution in [0.5, 0.6) is 0 Å². The molecule has 3 heterocycles. The standard InChI is InChI=1S/C23H33ClN4O3/c1-14(2)20(29)21(30)18-13-16(15-7-10-25-11-8-15)9-12-28(18)19-6-5-17(22(24)26-19)23(31)27(3)4/h5-6,14-16,18,25H,7-13H2,1-4H3. The third-order valence-electron chi connectivity index (χ3n) is 6.53. The predicted molar refractivity (Wildman–Crippen MR) is 122 cm³/mol. The van der Waals surface area contributed by atoms with Crippen LogP contribution in [0, 0.1) is 17.8 Å². The number of carbonyl (C=O) groups excluding carboxylic acids is 3. The Labute approximate surface area is 189 Å². The average Bonchev–Trinajstić information content (AvgIpc) is 2.77. The van der Waals surface area contributed by atoms with Gasteiger partial charge >= 0.3 is 0 Å². The van der Waals surface area contributed by atoms with Crippen molar-refractivity contribution in [2.75, 3.05) is 38.6 Å². The van der Waals surface area contributed by atoms with Gasteiger partial charge in [-0.05, 0) is 62.7 Å². The number of pyridine rings is 1. The zero-order valence-corrected chi connectivity index (χ0v) is 19.6. The molecular weight excluding hydrogens is 416 g/mol. The summed E-state index contributed by atoms with van der Waals surface area (Å²) in [7, 11) is 3.31. The predicted octanol–water partition coefficient (Wildman–Crippen LogP) is 2.82. The fourth-order valence-electron chi connectivity index (χ4n) is 4.69. The molecule has 0 bridgehead atoms. The summed E-state index contributed by atoms with van der Waals surface area (Å²) in [6.45, 7) is 6.17. The van der Waals surface area contributed by atoms with E-state index >= 15 is 0 Å². The smallest absolute Gasteiger partial charge is 0.256 e. The number of anilines is 1. The van der Waals surface area contributed by atoms with E-state index in [9.17, 15) is 14.4 Å². The first-order valence-corrected chi connectivity index (χ1v) is 11.5. The minimum atomic E-state index is -0.539. The molecule has 170 valence electrons. The van der Waals surface area contributed by atoms with Gasteiger partial charge < -0.3 is 15.1 Å². The van der Waals surface area contributed by atoms with Gasteiger partial charge in [0, 0.05) is 26.6 Å². The van der Waals surface area contributed by atoms with Crippen LogP contribution in [-0.4, -0.2) is 67.1 Å². The number of nitrogens with one attached hydrogen (secondary N) is 1. The first kappa shape index (κ1) is 23.7. The second-order valence-corrected chi connectivity index (χ2v) is 9.53. The molecule has 31 heavy (non-hydrogen) atoms. The molecule has 2 aliphatic rings. The fourth-order valence-corrected chi connectivity index (χ4v) is 4.92. The third-order valence-corrected chi connectivity index (χ3v) is 6.82. The third kappa shape index (κ3) is 5.26. The van der Waals surface area contributed by atoms with Crippen LogP contribution in [0.25, 0.3) is 0 Å². The summed E-state index contributed by atoms with van der Waals surface area (Å²) in [6, 6.07) is 2.84. The van der Waals surface area contributed by atoms with E-state index in [0.717, 1.165) is 32.4 Å². The maximum absolute atomic E-state index is 13.2. The largest absolute Gasteiger partial charge is 0.346 e. The van der Waals surface area contributed by atoms with Crippen molar-refractivity contribution in [3.8, 4) is 0 Å². The number of piperidine rings is 2. The average molecular weight is 449 g/mol. The summed E-state index contributed by atoms with van der Waals surface area (Å²) in [6.07, 6.45) is 3.81. The number of aromatic nitrogens is 1. The van der Waals surface area contributed by atoms with Crippen LogP contribution < -0.4 is 10.2 Å². The van der Waals surface area contributed by atoms with Crippen molar-refractivity contribution in [1.29, 1.82) is 0 Å². The summed E-state index contributed by atoms with van der Waals surface area (Å²) in [5.74, 6) is 0.272. The van der Waals surface area contributed by atoms with Crippen LogP contribution in [-0.2, 0) is 9.59 Å². The Morgan fingerprint density at radius 1 is 1.13 bits per heavy atom. The first-order valence-electron chi connectivity index (χ1n) is 11.1. The fraction of sp³-hybridized carbons (Fsp3) is 0.652. The van der Waals surface area contributed by atoms with E-state index in [1.807, 2.05) is 4.90 Å². The lowest BCUT2D eigenvalue weighted by Gasteiger charge is -2.43. The Hall–Kier alpha value is -1.99. The van der Waals surface area contributed by atoms with Crippen LogP contribution in [0.4, 0.5) is 5.82 Å². The minimum Gasteiger partial charge on any atom is -0.346 e. The molecule has 2 aliphatic heterocycles. The monoisotopic (exact) mass is 448 g/mol. The molecule has 2 saturated heterocycles. The number of halogens is 1. The van der Waals surface area contributed by atoms with Crippen molar-refractivity contribution >= 4 is 34.9 Å². The zero-order valence-electron chi connectivity index (χ0n) is 18.9. The summed E-state index contributed by atoms with van der Waals surface area (Å²) >= 11 is 6.33. The van der Waals surface area contributed by atoms with Gasteiger partial charge in [-0.25, -0.2) is 4.98 Å². The van der Waals surface area contributed by atoms with Crippen LogP contribution in [0.1, 0.15) is 49.9 Å². The molecule has 0 spiro atoms. The Kier molecular flexibility index (Phi) is 7.70. The zero-order chi connectivity index (χ0) is 22.7. The summed E-state index contributed by atoms with van der Waals surface area (Å²) in [5.41, 5.74) is 0.321. The van der Waals surface area contributed by atoms with E-state index in [1.54, 1.807) is 40.1 Å². The van der Waals surface area contributed by atoms with E-state index < -0.39 is 6.04 Å². The highest BCUT2D eigenvalue weighted by Crippen LogP contribution is 2.36. The molecule has 0 aliphatic carbocycles. The molecule has 2 fully saturated rings. The number of rotatable bonds is 6. The molecule has 1 aromatic heterocycles. The molecule has 0 radical (unpaired) electrons. The van der Waals surface area contributed by atoms with Gasteiger partial charge in [0.25, 0.3) is 5.91 Å². The topological polar surface area (TPSA) is 82.6 Å². The highest BCUT2D eigenvalue weighted by Gasteiger charge is 2.40. The second kappa shape index (κ2) is 10.1. The Morgan fingerprint density at radius 3 is 2.39 bits per heavy atom. The molecule has 1 N–H and O–H groups in total. The van der Waals surface area contributed by atoms with Gasteiger partial charge in [0.15, 0.2) is 0 Å². The molecule has 8 heteroatoms. The first-order chi connectivity index (χ1) is 14.7. The quantitative estimate of drug-likeness (QED) is 0.532. The molecule has 2 unspecified atom stereocenters. The van der Waals surface area contributed by atoms with Gasteiger partial charge in [0.2, 0.25) is 11.6 Å². The van der Waals surface area contributed by atoms with Gasteiger partial charge in [-0.3, -0.25) is 14.4 Å². The number of hydrogen-bond acceptors (Lipinski definition) is 6. The highest BCUT2D eigenvalue weighted by molar-refractivity contribution is 6.40. The lowest BCUT2D eigenvalue weighted by Crippen LogP contribution is -2.52. The number of carbonyl (C=O) groups is 3. The van der Waals surface area contributed by atoms with Gasteiger partial charge in [-0.2, -0.15) is 0 Å². The molecule has 3 rings (SSSR count). The molecule has 0 aromatic carbocycles. The van der Waals surface area contributed by atoms with Crippen LogP contribution >= 0.6 is 11.6 Å². The van der Waals surface area contributed by atoms with Gasteiger partial charge in [-0.1, -0.05) is 25.4 Å². The minimum absolute atomic E-state index is 0.109. The number of ketones is 2. The molecule has 7 nitrogen and oxygen atoms in total.